The summed E-state index contributed by atoms with van der Waals surface area (Å²) in [6.45, 7) is 1.79. The molecule has 2 saturated carbocycles. The van der Waals surface area contributed by atoms with Gasteiger partial charge in [0, 0.05) is 23.8 Å². The first-order valence-electron chi connectivity index (χ1n) is 12.4. The van der Waals surface area contributed by atoms with Gasteiger partial charge in [0.1, 0.15) is 35.0 Å². The molecule has 4 aromatic rings. The van der Waals surface area contributed by atoms with Crippen LogP contribution in [0.4, 0.5) is 8.78 Å². The molecule has 0 unspecified atom stereocenters. The third-order valence-electron chi connectivity index (χ3n) is 7.32. The number of alkyl halides is 2. The van der Waals surface area contributed by atoms with Crippen molar-refractivity contribution in [1.29, 1.82) is 5.26 Å². The number of benzene rings is 1. The lowest BCUT2D eigenvalue weighted by atomic mass is 9.78. The van der Waals surface area contributed by atoms with E-state index in [1.807, 2.05) is 0 Å². The van der Waals surface area contributed by atoms with Crippen LogP contribution in [-0.4, -0.2) is 58.8 Å². The molecule has 2 N–H and O–H groups in total. The highest BCUT2D eigenvalue weighted by molar-refractivity contribution is 6.00. The summed E-state index contributed by atoms with van der Waals surface area (Å²) in [6, 6.07) is 8.85. The summed E-state index contributed by atoms with van der Waals surface area (Å²) < 4.78 is 33.8. The summed E-state index contributed by atoms with van der Waals surface area (Å²) in [5.41, 5.74) is -0.306. The Morgan fingerprint density at radius 3 is 2.51 bits per heavy atom. The number of carbonyl (C=O) groups is 2. The van der Waals surface area contributed by atoms with Gasteiger partial charge in [0.2, 0.25) is 11.8 Å². The fraction of sp³-hybridized carbons (Fsp3) is 0.400. The Morgan fingerprint density at radius 2 is 1.85 bits per heavy atom. The fourth-order valence-electron chi connectivity index (χ4n) is 4.77. The molecule has 39 heavy (non-hydrogen) atoms. The average Bonchev–Trinajstić information content (AvgIpc) is 3.27. The van der Waals surface area contributed by atoms with E-state index in [9.17, 15) is 23.6 Å². The minimum atomic E-state index is -2.93. The minimum Gasteiger partial charge on any atom is -0.451 e. The predicted octanol–water partition coefficient (Wildman–Crippen LogP) is 2.75. The Bertz CT molecular complexity index is 1620. The van der Waals surface area contributed by atoms with Crippen LogP contribution < -0.4 is 10.6 Å². The van der Waals surface area contributed by atoms with E-state index in [0.717, 1.165) is 0 Å². The summed E-state index contributed by atoms with van der Waals surface area (Å²) >= 11 is 0. The lowest BCUT2D eigenvalue weighted by Crippen LogP contribution is -2.62. The van der Waals surface area contributed by atoms with Crippen molar-refractivity contribution < 1.29 is 22.8 Å². The van der Waals surface area contributed by atoms with Crippen molar-refractivity contribution in [2.75, 3.05) is 0 Å². The highest BCUT2D eigenvalue weighted by Gasteiger charge is 2.53. The van der Waals surface area contributed by atoms with Crippen molar-refractivity contribution in [2.24, 2.45) is 0 Å². The molecular weight excluding hydrogens is 512 g/mol. The normalized spacial score (nSPS) is 18.8. The largest absolute Gasteiger partial charge is 0.451 e. The van der Waals surface area contributed by atoms with Crippen molar-refractivity contribution in [3.63, 3.8) is 0 Å². The number of rotatable bonds is 6. The third kappa shape index (κ3) is 4.49. The molecule has 2 aliphatic rings. The zero-order valence-corrected chi connectivity index (χ0v) is 20.8. The molecule has 0 saturated heterocycles. The van der Waals surface area contributed by atoms with Crippen LogP contribution in [0.2, 0.25) is 0 Å². The SMILES string of the molecule is Cc1nn(-n2cncn2)nc1-c1ccc2cc(C(=O)NC3(C(=O)NC4(C#N)CC4)CCC(F)(F)CC3)oc2c1. The van der Waals surface area contributed by atoms with E-state index in [-0.39, 0.29) is 18.6 Å². The summed E-state index contributed by atoms with van der Waals surface area (Å²) in [5, 5.41) is 28.1. The quantitative estimate of drug-likeness (QED) is 0.382. The van der Waals surface area contributed by atoms with Gasteiger partial charge in [-0.3, -0.25) is 9.59 Å². The van der Waals surface area contributed by atoms with Crippen LogP contribution in [0.5, 0.6) is 0 Å². The van der Waals surface area contributed by atoms with E-state index < -0.39 is 41.7 Å². The first kappa shape index (κ1) is 24.7. The molecule has 0 aliphatic heterocycles. The van der Waals surface area contributed by atoms with Gasteiger partial charge in [-0.05, 0) is 44.7 Å². The molecule has 2 fully saturated rings. The van der Waals surface area contributed by atoms with Crippen LogP contribution in [0.1, 0.15) is 54.8 Å². The fourth-order valence-corrected chi connectivity index (χ4v) is 4.77. The van der Waals surface area contributed by atoms with Gasteiger partial charge in [0.05, 0.1) is 11.8 Å². The number of aryl methyl sites for hydroxylation is 1. The zero-order valence-electron chi connectivity index (χ0n) is 20.8. The molecule has 200 valence electrons. The Hall–Kier alpha value is -4.67. The lowest BCUT2D eigenvalue weighted by Gasteiger charge is -2.39. The molecular formula is C25H23F2N9O3. The predicted molar refractivity (Wildman–Crippen MR) is 130 cm³/mol. The number of nitrogens with one attached hydrogen (secondary N) is 2. The molecule has 6 rings (SSSR count). The van der Waals surface area contributed by atoms with Crippen LogP contribution in [0.3, 0.4) is 0 Å². The smallest absolute Gasteiger partial charge is 0.287 e. The number of furan rings is 1. The van der Waals surface area contributed by atoms with E-state index in [1.165, 1.54) is 28.4 Å². The van der Waals surface area contributed by atoms with E-state index in [0.29, 0.717) is 40.8 Å². The van der Waals surface area contributed by atoms with E-state index in [4.69, 9.17) is 4.42 Å². The van der Waals surface area contributed by atoms with Crippen molar-refractivity contribution in [1.82, 2.24) is 40.6 Å². The number of halogens is 2. The molecule has 0 atom stereocenters. The monoisotopic (exact) mass is 535 g/mol. The first-order chi connectivity index (χ1) is 18.6. The van der Waals surface area contributed by atoms with E-state index in [1.54, 1.807) is 25.1 Å². The third-order valence-corrected chi connectivity index (χ3v) is 7.32. The van der Waals surface area contributed by atoms with Gasteiger partial charge in [-0.1, -0.05) is 17.0 Å². The first-order valence-corrected chi connectivity index (χ1v) is 12.4. The second-order valence-corrected chi connectivity index (χ2v) is 10.1. The molecule has 3 aromatic heterocycles. The number of nitrogens with zero attached hydrogens (tertiary/aromatic N) is 7. The van der Waals surface area contributed by atoms with Gasteiger partial charge in [0.15, 0.2) is 5.76 Å². The maximum Gasteiger partial charge on any atom is 0.287 e. The lowest BCUT2D eigenvalue weighted by molar-refractivity contribution is -0.133. The molecule has 2 aliphatic carbocycles. The standard InChI is InChI=1S/C25H23F2N9O3/c1-15-20(34-36(33-15)35-14-29-13-30-35)17-3-2-16-10-19(39-18(16)11-17)21(37)31-24(6-8-25(26,27)9-7-24)22(38)32-23(12-28)4-5-23/h2-3,10-11,13-14H,4-9H2,1H3,(H,31,37)(H,32,38). The van der Waals surface area contributed by atoms with Gasteiger partial charge in [-0.15, -0.1) is 20.1 Å². The van der Waals surface area contributed by atoms with Crippen molar-refractivity contribution in [2.45, 2.75) is 62.4 Å². The molecule has 0 radical (unpaired) electrons. The van der Waals surface area contributed by atoms with Crippen LogP contribution in [-0.2, 0) is 4.79 Å². The van der Waals surface area contributed by atoms with Crippen molar-refractivity contribution in [3.8, 4) is 17.3 Å². The maximum atomic E-state index is 14.0. The maximum absolute atomic E-state index is 14.0. The van der Waals surface area contributed by atoms with E-state index in [2.05, 4.69) is 37.0 Å². The molecule has 3 heterocycles. The minimum absolute atomic E-state index is 0.0731. The molecule has 1 aromatic carbocycles. The Morgan fingerprint density at radius 1 is 1.08 bits per heavy atom. The summed E-state index contributed by atoms with van der Waals surface area (Å²) in [7, 11) is 0. The number of amides is 2. The van der Waals surface area contributed by atoms with Gasteiger partial charge in [0.25, 0.3) is 5.91 Å². The topological polar surface area (TPSA) is 157 Å². The number of nitriles is 1. The zero-order chi connectivity index (χ0) is 27.4. The van der Waals surface area contributed by atoms with Crippen LogP contribution >= 0.6 is 0 Å². The van der Waals surface area contributed by atoms with Crippen molar-refractivity contribution in [3.05, 3.63) is 48.4 Å². The van der Waals surface area contributed by atoms with Crippen LogP contribution in [0.25, 0.3) is 22.2 Å². The van der Waals surface area contributed by atoms with Gasteiger partial charge in [-0.2, -0.15) is 5.26 Å². The second kappa shape index (κ2) is 8.69. The molecule has 14 heteroatoms. The Kier molecular flexibility index (Phi) is 5.49. The van der Waals surface area contributed by atoms with E-state index >= 15 is 0 Å². The number of aromatic nitrogens is 6. The molecule has 0 bridgehead atoms. The van der Waals surface area contributed by atoms with Gasteiger partial charge < -0.3 is 15.1 Å². The number of hydrogen-bond donors (Lipinski definition) is 2. The summed E-state index contributed by atoms with van der Waals surface area (Å²) in [4.78, 5) is 33.0. The summed E-state index contributed by atoms with van der Waals surface area (Å²) in [5.74, 6) is -4.33. The van der Waals surface area contributed by atoms with Crippen LogP contribution in [0.15, 0.2) is 41.3 Å². The number of hydrogen-bond acceptors (Lipinski definition) is 8. The number of fused-ring (bicyclic) bond motifs is 1. The summed E-state index contributed by atoms with van der Waals surface area (Å²) in [6.07, 6.45) is 2.14. The second-order valence-electron chi connectivity index (χ2n) is 10.1. The highest BCUT2D eigenvalue weighted by atomic mass is 19.3. The molecule has 0 spiro atoms. The van der Waals surface area contributed by atoms with Gasteiger partial charge in [-0.25, -0.2) is 13.8 Å². The molecule has 12 nitrogen and oxygen atoms in total. The van der Waals surface area contributed by atoms with Crippen LogP contribution in [0, 0.1) is 18.3 Å². The average molecular weight is 536 g/mol. The number of carbonyl (C=O) groups excluding carboxylic acids is 2. The molecule has 2 amide bonds. The highest BCUT2D eigenvalue weighted by Crippen LogP contribution is 2.41. The van der Waals surface area contributed by atoms with Crippen molar-refractivity contribution >= 4 is 22.8 Å². The van der Waals surface area contributed by atoms with Gasteiger partial charge >= 0.3 is 0 Å². The Labute approximate surface area is 219 Å². The Balaban J connectivity index is 1.26.